The first-order valence-electron chi connectivity index (χ1n) is 10.4. The van der Waals surface area contributed by atoms with Gasteiger partial charge in [0, 0.05) is 49.3 Å². The van der Waals surface area contributed by atoms with E-state index >= 15 is 0 Å². The van der Waals surface area contributed by atoms with E-state index in [-0.39, 0.29) is 42.1 Å². The van der Waals surface area contributed by atoms with Gasteiger partial charge in [-0.3, -0.25) is 9.59 Å². The number of rotatable bonds is 4. The number of halogens is 6. The summed E-state index contributed by atoms with van der Waals surface area (Å²) in [5.41, 5.74) is 1.43. The summed E-state index contributed by atoms with van der Waals surface area (Å²) in [4.78, 5) is 24.1. The molecule has 2 amide bonds. The topological polar surface area (TPSA) is 104 Å². The van der Waals surface area contributed by atoms with Crippen LogP contribution < -0.4 is 20.8 Å². The number of hydrogen-bond donors (Lipinski definition) is 2. The van der Waals surface area contributed by atoms with E-state index in [1.807, 2.05) is 24.3 Å². The van der Waals surface area contributed by atoms with E-state index in [4.69, 9.17) is 0 Å². The van der Waals surface area contributed by atoms with Crippen LogP contribution in [0.5, 0.6) is 11.5 Å². The number of carbonyl (C=O) groups excluding carboxylic acids is 2. The quantitative estimate of drug-likeness (QED) is 0.200. The maximum absolute atomic E-state index is 12.1. The monoisotopic (exact) mass is 956 g/mol. The SMILES string of the molecule is O=C(Nc1ccc(Br)cc1)c1cc(Br)cc(Br)c1[O-].O=C(Nc1ccc(Br)cc1)c1cc(Br)cc(Br)c1[O-].[Zn+2]. The first kappa shape index (κ1) is 34.1. The number of amides is 2. The molecule has 2 N–H and O–H groups in total. The Morgan fingerprint density at radius 1 is 0.513 bits per heavy atom. The molecule has 6 nitrogen and oxygen atoms in total. The van der Waals surface area contributed by atoms with Gasteiger partial charge in [-0.2, -0.15) is 0 Å². The number of carbonyl (C=O) groups is 2. The molecule has 0 spiro atoms. The van der Waals surface area contributed by atoms with Crippen LogP contribution in [0.1, 0.15) is 20.7 Å². The van der Waals surface area contributed by atoms with Gasteiger partial charge in [0.1, 0.15) is 0 Å². The first-order valence-corrected chi connectivity index (χ1v) is 15.2. The van der Waals surface area contributed by atoms with Gasteiger partial charge in [-0.1, -0.05) is 107 Å². The molecule has 196 valence electrons. The molecule has 0 fully saturated rings. The van der Waals surface area contributed by atoms with Crippen molar-refractivity contribution < 1.29 is 39.3 Å². The molecular formula is C26H14Br6N2O4Zn. The summed E-state index contributed by atoms with van der Waals surface area (Å²) in [5.74, 6) is -1.54. The fraction of sp³-hybridized carbons (Fsp3) is 0. The number of anilines is 2. The summed E-state index contributed by atoms with van der Waals surface area (Å²) in [6.07, 6.45) is 0. The number of hydrogen-bond acceptors (Lipinski definition) is 4. The van der Waals surface area contributed by atoms with Crippen molar-refractivity contribution in [3.63, 3.8) is 0 Å². The van der Waals surface area contributed by atoms with Crippen LogP contribution in [0.3, 0.4) is 0 Å². The Kier molecular flexibility index (Phi) is 13.8. The van der Waals surface area contributed by atoms with E-state index in [0.717, 1.165) is 8.95 Å². The van der Waals surface area contributed by atoms with Gasteiger partial charge < -0.3 is 20.8 Å². The Morgan fingerprint density at radius 3 is 1.13 bits per heavy atom. The predicted octanol–water partition coefficient (Wildman–Crippen LogP) is 8.60. The van der Waals surface area contributed by atoms with Gasteiger partial charge in [0.15, 0.2) is 0 Å². The molecule has 0 radical (unpaired) electrons. The normalized spacial score (nSPS) is 10.0. The average Bonchev–Trinajstić information content (AvgIpc) is 2.86. The van der Waals surface area contributed by atoms with E-state index in [2.05, 4.69) is 106 Å². The van der Waals surface area contributed by atoms with E-state index in [1.165, 1.54) is 12.1 Å². The standard InChI is InChI=1S/2C13H8Br3NO2.Zn/c2*14-7-1-3-9(4-2-7)17-13(19)10-5-8(15)6-11(16)12(10)18;/h2*1-6,18H,(H,17,19);/q;;+2/p-2. The maximum atomic E-state index is 12.1. The maximum Gasteiger partial charge on any atom is 2.00 e. The molecule has 0 saturated heterocycles. The number of benzene rings is 4. The van der Waals surface area contributed by atoms with Crippen molar-refractivity contribution in [2.24, 2.45) is 0 Å². The van der Waals surface area contributed by atoms with Crippen molar-refractivity contribution in [2.75, 3.05) is 10.6 Å². The van der Waals surface area contributed by atoms with Crippen LogP contribution in [0.25, 0.3) is 0 Å². The van der Waals surface area contributed by atoms with Gasteiger partial charge >= 0.3 is 19.5 Å². The van der Waals surface area contributed by atoms with Gasteiger partial charge in [-0.15, -0.1) is 0 Å². The zero-order valence-corrected chi connectivity index (χ0v) is 32.0. The fourth-order valence-corrected chi connectivity index (χ4v) is 5.90. The fourth-order valence-electron chi connectivity index (χ4n) is 2.92. The van der Waals surface area contributed by atoms with Crippen LogP contribution in [-0.4, -0.2) is 11.8 Å². The Morgan fingerprint density at radius 2 is 0.821 bits per heavy atom. The molecule has 0 atom stereocenters. The van der Waals surface area contributed by atoms with E-state index in [0.29, 0.717) is 29.3 Å². The first-order chi connectivity index (χ1) is 17.9. The van der Waals surface area contributed by atoms with Crippen LogP contribution in [-0.2, 0) is 19.5 Å². The van der Waals surface area contributed by atoms with Crippen molar-refractivity contribution in [3.05, 3.63) is 111 Å². The van der Waals surface area contributed by atoms with Gasteiger partial charge in [0.2, 0.25) is 0 Å². The van der Waals surface area contributed by atoms with Gasteiger partial charge in [-0.25, -0.2) is 0 Å². The van der Waals surface area contributed by atoms with Crippen LogP contribution in [0.4, 0.5) is 11.4 Å². The second-order valence-electron chi connectivity index (χ2n) is 7.45. The minimum Gasteiger partial charge on any atom is -0.871 e. The van der Waals surface area contributed by atoms with Crippen molar-refractivity contribution in [3.8, 4) is 11.5 Å². The molecule has 0 heterocycles. The third kappa shape index (κ3) is 10.1. The second kappa shape index (κ2) is 15.8. The molecule has 0 aliphatic carbocycles. The zero-order valence-electron chi connectivity index (χ0n) is 19.5. The summed E-state index contributed by atoms with van der Waals surface area (Å²) in [5, 5.41) is 29.1. The largest absolute Gasteiger partial charge is 2.00 e. The van der Waals surface area contributed by atoms with Crippen molar-refractivity contribution >= 4 is 119 Å². The Bertz CT molecular complexity index is 1370. The zero-order chi connectivity index (χ0) is 28.0. The van der Waals surface area contributed by atoms with Gasteiger partial charge in [-0.05, 0) is 72.8 Å². The Hall–Kier alpha value is -1.08. The van der Waals surface area contributed by atoms with Crippen LogP contribution in [0, 0.1) is 0 Å². The van der Waals surface area contributed by atoms with Crippen LogP contribution in [0.2, 0.25) is 0 Å². The summed E-state index contributed by atoms with van der Waals surface area (Å²) >= 11 is 19.4. The molecule has 4 aromatic rings. The van der Waals surface area contributed by atoms with Crippen molar-refractivity contribution in [1.29, 1.82) is 0 Å². The van der Waals surface area contributed by atoms with E-state index in [1.54, 1.807) is 36.4 Å². The molecule has 4 aromatic carbocycles. The van der Waals surface area contributed by atoms with Gasteiger partial charge in [0.05, 0.1) is 0 Å². The predicted molar refractivity (Wildman–Crippen MR) is 167 cm³/mol. The molecule has 0 aliphatic rings. The smallest absolute Gasteiger partial charge is 0.871 e. The minimum absolute atomic E-state index is 0. The third-order valence-corrected chi connectivity index (χ3v) is 7.86. The van der Waals surface area contributed by atoms with Gasteiger partial charge in [0.25, 0.3) is 11.8 Å². The molecule has 13 heteroatoms. The summed E-state index contributed by atoms with van der Waals surface area (Å²) in [6.45, 7) is 0. The van der Waals surface area contributed by atoms with E-state index in [9.17, 15) is 19.8 Å². The Balaban J connectivity index is 0.000000267. The van der Waals surface area contributed by atoms with Crippen molar-refractivity contribution in [1.82, 2.24) is 0 Å². The summed E-state index contributed by atoms with van der Waals surface area (Å²) in [6, 6.07) is 20.5. The molecule has 0 aliphatic heterocycles. The Labute approximate surface area is 287 Å². The molecule has 4 rings (SSSR count). The molecule has 0 bridgehead atoms. The van der Waals surface area contributed by atoms with Crippen LogP contribution in [0.15, 0.2) is 99.6 Å². The molecule has 39 heavy (non-hydrogen) atoms. The minimum atomic E-state index is -0.436. The number of nitrogens with one attached hydrogen (secondary N) is 2. The van der Waals surface area contributed by atoms with Crippen molar-refractivity contribution in [2.45, 2.75) is 0 Å². The molecule has 0 saturated carbocycles. The van der Waals surface area contributed by atoms with Crippen LogP contribution >= 0.6 is 95.6 Å². The summed E-state index contributed by atoms with van der Waals surface area (Å²) < 4.78 is 3.87. The third-order valence-electron chi connectivity index (χ3n) is 4.71. The molecule has 0 aromatic heterocycles. The summed E-state index contributed by atoms with van der Waals surface area (Å²) in [7, 11) is 0. The second-order valence-corrected chi connectivity index (χ2v) is 12.8. The molecular weight excluding hydrogens is 949 g/mol. The average molecular weight is 963 g/mol. The molecule has 0 unspecified atom stereocenters. The van der Waals surface area contributed by atoms with E-state index < -0.39 is 11.8 Å².